The van der Waals surface area contributed by atoms with Crippen molar-refractivity contribution in [3.63, 3.8) is 0 Å². The number of ether oxygens (including phenoxy) is 1. The first kappa shape index (κ1) is 8.48. The quantitative estimate of drug-likeness (QED) is 0.547. The fourth-order valence-electron chi connectivity index (χ4n) is 2.31. The molecule has 1 saturated carbocycles. The molecule has 1 heterocycles. The van der Waals surface area contributed by atoms with Gasteiger partial charge in [-0.3, -0.25) is 0 Å². The van der Waals surface area contributed by atoms with Crippen LogP contribution >= 0.6 is 0 Å². The third-order valence-corrected chi connectivity index (χ3v) is 3.15. The van der Waals surface area contributed by atoms with E-state index < -0.39 is 11.4 Å². The summed E-state index contributed by atoms with van der Waals surface area (Å²) in [6, 6.07) is 0. The van der Waals surface area contributed by atoms with Gasteiger partial charge in [-0.05, 0) is 24.7 Å². The number of hydrogen-bond donors (Lipinski definition) is 0. The molecular weight excluding hydrogens is 161 g/mol. The highest BCUT2D eigenvalue weighted by Crippen LogP contribution is 2.57. The summed E-state index contributed by atoms with van der Waals surface area (Å²) in [5, 5.41) is 0. The van der Waals surface area contributed by atoms with Crippen molar-refractivity contribution in [1.29, 1.82) is 0 Å². The van der Waals surface area contributed by atoms with E-state index in [1.54, 1.807) is 0 Å². The van der Waals surface area contributed by atoms with Crippen molar-refractivity contribution in [3.05, 3.63) is 0 Å². The average molecular weight is 172 g/mol. The highest BCUT2D eigenvalue weighted by molar-refractivity contribution is 6.14. The first-order valence-electron chi connectivity index (χ1n) is 4.18. The van der Waals surface area contributed by atoms with Crippen LogP contribution in [0, 0.1) is 5.41 Å². The van der Waals surface area contributed by atoms with Gasteiger partial charge in [0.05, 0.1) is 6.61 Å². The van der Waals surface area contributed by atoms with Gasteiger partial charge in [0.1, 0.15) is 5.60 Å². The minimum absolute atomic E-state index is 0.0528. The smallest absolute Gasteiger partial charge is 0.227 e. The van der Waals surface area contributed by atoms with E-state index in [0.29, 0.717) is 19.4 Å². The Balaban J connectivity index is 2.27. The Morgan fingerprint density at radius 2 is 2.08 bits per heavy atom. The van der Waals surface area contributed by atoms with E-state index in [1.807, 2.05) is 6.92 Å². The third-order valence-electron chi connectivity index (χ3n) is 3.15. The summed E-state index contributed by atoms with van der Waals surface area (Å²) >= 11 is 0. The van der Waals surface area contributed by atoms with Crippen LogP contribution in [-0.2, 0) is 4.74 Å². The number of alkyl halides is 2. The minimum Gasteiger partial charge on any atom is -0.369 e. The third kappa shape index (κ3) is 0.935. The Morgan fingerprint density at radius 3 is 2.25 bits per heavy atom. The molecule has 2 fully saturated rings. The van der Waals surface area contributed by atoms with Crippen LogP contribution in [0.5, 0.6) is 0 Å². The Bertz CT molecular complexity index is 204. The zero-order chi connectivity index (χ0) is 9.04. The topological polar surface area (TPSA) is 9.23 Å². The number of hydrogen-bond acceptors (Lipinski definition) is 1. The van der Waals surface area contributed by atoms with Gasteiger partial charge in [-0.1, -0.05) is 6.92 Å². The molecule has 0 aromatic heterocycles. The van der Waals surface area contributed by atoms with Gasteiger partial charge in [0, 0.05) is 0 Å². The number of fused-ring (bicyclic) bond motifs is 2. The van der Waals surface area contributed by atoms with Gasteiger partial charge in [0.2, 0.25) is 5.82 Å². The van der Waals surface area contributed by atoms with Gasteiger partial charge >= 0.3 is 0 Å². The number of halogens is 2. The first-order chi connectivity index (χ1) is 5.37. The second kappa shape index (κ2) is 2.03. The van der Waals surface area contributed by atoms with Crippen molar-refractivity contribution in [2.75, 3.05) is 6.61 Å². The maximum absolute atomic E-state index is 12.9. The summed E-state index contributed by atoms with van der Waals surface area (Å²) in [6.45, 7) is 2.41. The normalized spacial score (nSPS) is 46.9. The molecule has 1 saturated heterocycles. The van der Waals surface area contributed by atoms with Crippen LogP contribution in [0.15, 0.2) is 0 Å². The number of rotatable bonds is 1. The molecular formula is C8H11BF2O. The van der Waals surface area contributed by atoms with Crippen molar-refractivity contribution in [3.8, 4) is 0 Å². The van der Waals surface area contributed by atoms with Crippen LogP contribution in [0.4, 0.5) is 8.78 Å². The van der Waals surface area contributed by atoms with Crippen LogP contribution in [-0.4, -0.2) is 25.9 Å². The molecule has 12 heavy (non-hydrogen) atoms. The van der Waals surface area contributed by atoms with Crippen molar-refractivity contribution < 1.29 is 13.5 Å². The minimum atomic E-state index is -3.18. The zero-order valence-electron chi connectivity index (χ0n) is 7.07. The monoisotopic (exact) mass is 172 g/mol. The van der Waals surface area contributed by atoms with E-state index >= 15 is 0 Å². The molecule has 0 amide bonds. The fourth-order valence-corrected chi connectivity index (χ4v) is 2.31. The molecule has 2 aliphatic rings. The first-order valence-corrected chi connectivity index (χ1v) is 4.18. The Hall–Kier alpha value is -0.115. The van der Waals surface area contributed by atoms with E-state index in [1.165, 1.54) is 0 Å². The van der Waals surface area contributed by atoms with E-state index in [-0.39, 0.29) is 5.41 Å². The summed E-state index contributed by atoms with van der Waals surface area (Å²) in [4.78, 5) is 0. The van der Waals surface area contributed by atoms with Gasteiger partial charge in [-0.2, -0.15) is 0 Å². The molecule has 1 aliphatic carbocycles. The van der Waals surface area contributed by atoms with Gasteiger partial charge < -0.3 is 4.74 Å². The molecule has 2 rings (SSSR count). The van der Waals surface area contributed by atoms with Crippen LogP contribution in [0.1, 0.15) is 26.2 Å². The molecule has 1 aliphatic heterocycles. The van der Waals surface area contributed by atoms with Crippen molar-refractivity contribution in [2.45, 2.75) is 37.6 Å². The lowest BCUT2D eigenvalue weighted by molar-refractivity contribution is -0.146. The molecule has 2 atom stereocenters. The van der Waals surface area contributed by atoms with E-state index in [0.717, 1.165) is 6.42 Å². The molecule has 1 nitrogen and oxygen atoms in total. The van der Waals surface area contributed by atoms with Crippen LogP contribution < -0.4 is 0 Å². The summed E-state index contributed by atoms with van der Waals surface area (Å²) in [7, 11) is 4.81. The summed E-state index contributed by atoms with van der Waals surface area (Å²) in [5.74, 6) is -3.18. The molecule has 0 spiro atoms. The Labute approximate surface area is 71.9 Å². The predicted molar refractivity (Wildman–Crippen MR) is 41.3 cm³/mol. The Kier molecular flexibility index (Phi) is 1.44. The standard InChI is InChI=1S/C8H11BF2O/c1-6-2-3-7(4-6,12-5-6)8(9,10)11/h2-5H2,1H3. The summed E-state index contributed by atoms with van der Waals surface area (Å²) in [6.07, 6.45) is 1.61. The maximum atomic E-state index is 12.9. The lowest BCUT2D eigenvalue weighted by Crippen LogP contribution is -2.47. The van der Waals surface area contributed by atoms with Gasteiger partial charge in [-0.25, -0.2) is 8.78 Å². The molecule has 0 aromatic rings. The van der Waals surface area contributed by atoms with Crippen molar-refractivity contribution in [1.82, 2.24) is 0 Å². The maximum Gasteiger partial charge on any atom is 0.227 e. The predicted octanol–water partition coefficient (Wildman–Crippen LogP) is 1.71. The molecule has 2 unspecified atom stereocenters. The molecule has 66 valence electrons. The summed E-state index contributed by atoms with van der Waals surface area (Å²) in [5.41, 5.74) is -1.40. The molecule has 2 bridgehead atoms. The zero-order valence-corrected chi connectivity index (χ0v) is 7.07. The van der Waals surface area contributed by atoms with E-state index in [4.69, 9.17) is 12.6 Å². The SMILES string of the molecule is [B]C(F)(F)C12CCC(C)(CO1)C2. The van der Waals surface area contributed by atoms with Crippen LogP contribution in [0.2, 0.25) is 0 Å². The highest BCUT2D eigenvalue weighted by Gasteiger charge is 2.62. The van der Waals surface area contributed by atoms with Crippen molar-refractivity contribution in [2.24, 2.45) is 5.41 Å². The van der Waals surface area contributed by atoms with Crippen LogP contribution in [0.25, 0.3) is 0 Å². The Morgan fingerprint density at radius 1 is 1.42 bits per heavy atom. The highest BCUT2D eigenvalue weighted by atomic mass is 19.3. The summed E-state index contributed by atoms with van der Waals surface area (Å²) < 4.78 is 31.0. The van der Waals surface area contributed by atoms with Gasteiger partial charge in [0.25, 0.3) is 0 Å². The van der Waals surface area contributed by atoms with E-state index in [2.05, 4.69) is 0 Å². The van der Waals surface area contributed by atoms with Gasteiger partial charge in [-0.15, -0.1) is 0 Å². The second-order valence-electron chi connectivity index (χ2n) is 4.39. The molecule has 0 aromatic carbocycles. The van der Waals surface area contributed by atoms with E-state index in [9.17, 15) is 8.78 Å². The second-order valence-corrected chi connectivity index (χ2v) is 4.39. The average Bonchev–Trinajstić information content (AvgIpc) is 2.40. The van der Waals surface area contributed by atoms with Crippen LogP contribution in [0.3, 0.4) is 0 Å². The van der Waals surface area contributed by atoms with Gasteiger partial charge in [0.15, 0.2) is 7.85 Å². The molecule has 2 radical (unpaired) electrons. The molecule has 0 N–H and O–H groups in total. The fraction of sp³-hybridized carbons (Fsp3) is 1.00. The largest absolute Gasteiger partial charge is 0.369 e. The lowest BCUT2D eigenvalue weighted by atomic mass is 9.79. The lowest BCUT2D eigenvalue weighted by Gasteiger charge is -2.33. The van der Waals surface area contributed by atoms with Crippen molar-refractivity contribution >= 4 is 7.85 Å². The molecule has 4 heteroatoms.